The van der Waals surface area contributed by atoms with Gasteiger partial charge in [-0.15, -0.1) is 0 Å². The summed E-state index contributed by atoms with van der Waals surface area (Å²) in [6.45, 7) is 2.16. The molecule has 0 aromatic carbocycles. The molecule has 5 heteroatoms. The van der Waals surface area contributed by atoms with Gasteiger partial charge in [-0.05, 0) is 31.1 Å². The minimum Gasteiger partial charge on any atom is -0.465 e. The molecule has 0 bridgehead atoms. The third-order valence-corrected chi connectivity index (χ3v) is 5.68. The van der Waals surface area contributed by atoms with Crippen molar-refractivity contribution in [3.8, 4) is 0 Å². The molecule has 0 N–H and O–H groups in total. The van der Waals surface area contributed by atoms with E-state index in [4.69, 9.17) is 4.74 Å². The van der Waals surface area contributed by atoms with Crippen LogP contribution in [0.4, 0.5) is 5.13 Å². The fourth-order valence-corrected chi connectivity index (χ4v) is 4.29. The number of ether oxygens (including phenoxy) is 1. The molecule has 1 spiro atoms. The number of carbonyl (C=O) groups is 1. The van der Waals surface area contributed by atoms with E-state index in [0.717, 1.165) is 18.2 Å². The second-order valence-corrected chi connectivity index (χ2v) is 6.70. The van der Waals surface area contributed by atoms with Gasteiger partial charge in [0.15, 0.2) is 5.13 Å². The number of rotatable bonds is 2. The minimum atomic E-state index is -0.284. The monoisotopic (exact) mass is 280 g/mol. The van der Waals surface area contributed by atoms with Crippen LogP contribution in [0.5, 0.6) is 0 Å². The Balaban J connectivity index is 1.65. The van der Waals surface area contributed by atoms with E-state index in [9.17, 15) is 4.79 Å². The second kappa shape index (κ2) is 5.12. The lowest BCUT2D eigenvalue weighted by atomic mass is 9.77. The van der Waals surface area contributed by atoms with Gasteiger partial charge in [-0.1, -0.05) is 24.2 Å². The minimum absolute atomic E-state index is 0.284. The highest BCUT2D eigenvalue weighted by atomic mass is 32.1. The van der Waals surface area contributed by atoms with E-state index in [1.54, 1.807) is 6.20 Å². The van der Waals surface area contributed by atoms with E-state index in [0.29, 0.717) is 10.3 Å². The first-order chi connectivity index (χ1) is 9.22. The van der Waals surface area contributed by atoms with Crippen LogP contribution in [-0.4, -0.2) is 31.2 Å². The average molecular weight is 280 g/mol. The van der Waals surface area contributed by atoms with Crippen molar-refractivity contribution in [2.75, 3.05) is 25.1 Å². The number of hydrogen-bond acceptors (Lipinski definition) is 5. The van der Waals surface area contributed by atoms with Gasteiger partial charge in [0.2, 0.25) is 0 Å². The van der Waals surface area contributed by atoms with E-state index in [1.807, 2.05) is 0 Å². The summed E-state index contributed by atoms with van der Waals surface area (Å²) in [6, 6.07) is 0. The molecule has 1 saturated heterocycles. The van der Waals surface area contributed by atoms with Gasteiger partial charge >= 0.3 is 5.97 Å². The highest BCUT2D eigenvalue weighted by Crippen LogP contribution is 2.46. The predicted octanol–water partition coefficient (Wildman–Crippen LogP) is 3.09. The standard InChI is InChI=1S/C14H20N2O2S/c1-18-12(17)11-10-15-13(19-11)16-8-6-14(7-9-16)4-2-3-5-14/h10H,2-9H2,1H3. The molecule has 1 aliphatic carbocycles. The Morgan fingerprint density at radius 3 is 2.63 bits per heavy atom. The van der Waals surface area contributed by atoms with Gasteiger partial charge < -0.3 is 9.64 Å². The Labute approximate surface area is 117 Å². The van der Waals surface area contributed by atoms with Gasteiger partial charge in [-0.2, -0.15) is 0 Å². The number of piperidine rings is 1. The maximum atomic E-state index is 11.4. The highest BCUT2D eigenvalue weighted by Gasteiger charge is 2.37. The largest absolute Gasteiger partial charge is 0.465 e. The zero-order valence-electron chi connectivity index (χ0n) is 11.4. The first-order valence-electron chi connectivity index (χ1n) is 7.02. The summed E-state index contributed by atoms with van der Waals surface area (Å²) >= 11 is 1.44. The molecule has 1 aromatic heterocycles. The third-order valence-electron chi connectivity index (χ3n) is 4.64. The average Bonchev–Trinajstić information content (AvgIpc) is 3.09. The maximum Gasteiger partial charge on any atom is 0.349 e. The Bertz CT molecular complexity index is 456. The van der Waals surface area contributed by atoms with Crippen molar-refractivity contribution in [3.63, 3.8) is 0 Å². The number of methoxy groups -OCH3 is 1. The molecule has 1 saturated carbocycles. The lowest BCUT2D eigenvalue weighted by molar-refractivity contribution is 0.0606. The zero-order chi connectivity index (χ0) is 13.3. The summed E-state index contributed by atoms with van der Waals surface area (Å²) in [5, 5.41) is 0.966. The highest BCUT2D eigenvalue weighted by molar-refractivity contribution is 7.17. The van der Waals surface area contributed by atoms with E-state index in [2.05, 4.69) is 9.88 Å². The van der Waals surface area contributed by atoms with Crippen LogP contribution in [0, 0.1) is 5.41 Å². The molecule has 2 heterocycles. The molecule has 1 aliphatic heterocycles. The number of carbonyl (C=O) groups excluding carboxylic acids is 1. The smallest absolute Gasteiger partial charge is 0.349 e. The van der Waals surface area contributed by atoms with Crippen molar-refractivity contribution in [1.82, 2.24) is 4.98 Å². The van der Waals surface area contributed by atoms with Crippen molar-refractivity contribution in [2.45, 2.75) is 38.5 Å². The number of aromatic nitrogens is 1. The van der Waals surface area contributed by atoms with E-state index in [-0.39, 0.29) is 5.97 Å². The fraction of sp³-hybridized carbons (Fsp3) is 0.714. The summed E-state index contributed by atoms with van der Waals surface area (Å²) < 4.78 is 4.73. The molecule has 0 unspecified atom stereocenters. The van der Waals surface area contributed by atoms with Gasteiger partial charge in [0.05, 0.1) is 13.3 Å². The topological polar surface area (TPSA) is 42.4 Å². The molecule has 0 atom stereocenters. The maximum absolute atomic E-state index is 11.4. The third kappa shape index (κ3) is 2.48. The van der Waals surface area contributed by atoms with Crippen molar-refractivity contribution in [3.05, 3.63) is 11.1 Å². The summed E-state index contributed by atoms with van der Waals surface area (Å²) in [6.07, 6.45) is 9.82. The molecule has 0 radical (unpaired) electrons. The van der Waals surface area contributed by atoms with E-state index < -0.39 is 0 Å². The van der Waals surface area contributed by atoms with Gasteiger partial charge in [0.25, 0.3) is 0 Å². The van der Waals surface area contributed by atoms with E-state index in [1.165, 1.54) is 57.0 Å². The number of hydrogen-bond donors (Lipinski definition) is 0. The van der Waals surface area contributed by atoms with Crippen LogP contribution in [0.25, 0.3) is 0 Å². The predicted molar refractivity (Wildman–Crippen MR) is 75.8 cm³/mol. The first kappa shape index (κ1) is 12.9. The van der Waals surface area contributed by atoms with Crippen LogP contribution in [0.3, 0.4) is 0 Å². The number of esters is 1. The van der Waals surface area contributed by atoms with Crippen LogP contribution in [0.2, 0.25) is 0 Å². The zero-order valence-corrected chi connectivity index (χ0v) is 12.2. The fourth-order valence-electron chi connectivity index (χ4n) is 3.40. The lowest BCUT2D eigenvalue weighted by Crippen LogP contribution is -2.38. The molecule has 0 amide bonds. The van der Waals surface area contributed by atoms with Crippen molar-refractivity contribution in [1.29, 1.82) is 0 Å². The van der Waals surface area contributed by atoms with Gasteiger partial charge in [0.1, 0.15) is 4.88 Å². The summed E-state index contributed by atoms with van der Waals surface area (Å²) in [5.74, 6) is -0.284. The van der Waals surface area contributed by atoms with Gasteiger partial charge in [-0.25, -0.2) is 9.78 Å². The molecular weight excluding hydrogens is 260 g/mol. The van der Waals surface area contributed by atoms with Crippen molar-refractivity contribution in [2.24, 2.45) is 5.41 Å². The van der Waals surface area contributed by atoms with Crippen LogP contribution in [0.1, 0.15) is 48.2 Å². The second-order valence-electron chi connectivity index (χ2n) is 5.69. The molecule has 2 fully saturated rings. The molecule has 1 aromatic rings. The summed E-state index contributed by atoms with van der Waals surface area (Å²) in [7, 11) is 1.41. The first-order valence-corrected chi connectivity index (χ1v) is 7.83. The van der Waals surface area contributed by atoms with Crippen molar-refractivity contribution < 1.29 is 9.53 Å². The number of thiazole rings is 1. The van der Waals surface area contributed by atoms with Crippen LogP contribution >= 0.6 is 11.3 Å². The SMILES string of the molecule is COC(=O)c1cnc(N2CCC3(CCCC3)CC2)s1. The number of anilines is 1. The summed E-state index contributed by atoms with van der Waals surface area (Å²) in [4.78, 5) is 18.7. The Hall–Kier alpha value is -1.10. The van der Waals surface area contributed by atoms with E-state index >= 15 is 0 Å². The molecule has 104 valence electrons. The Kier molecular flexibility index (Phi) is 3.48. The van der Waals surface area contributed by atoms with Crippen molar-refractivity contribution >= 4 is 22.4 Å². The van der Waals surface area contributed by atoms with Gasteiger partial charge in [0, 0.05) is 13.1 Å². The molecule has 3 rings (SSSR count). The normalized spacial score (nSPS) is 21.8. The number of nitrogens with zero attached hydrogens (tertiary/aromatic N) is 2. The van der Waals surface area contributed by atoms with Crippen LogP contribution in [0.15, 0.2) is 6.20 Å². The van der Waals surface area contributed by atoms with Gasteiger partial charge in [-0.3, -0.25) is 0 Å². The molecule has 4 nitrogen and oxygen atoms in total. The van der Waals surface area contributed by atoms with Crippen LogP contribution in [-0.2, 0) is 4.74 Å². The summed E-state index contributed by atoms with van der Waals surface area (Å²) in [5.41, 5.74) is 0.624. The van der Waals surface area contributed by atoms with Crippen LogP contribution < -0.4 is 4.90 Å². The Morgan fingerprint density at radius 1 is 1.32 bits per heavy atom. The molecule has 2 aliphatic rings. The Morgan fingerprint density at radius 2 is 2.00 bits per heavy atom. The molecule has 19 heavy (non-hydrogen) atoms. The quantitative estimate of drug-likeness (QED) is 0.781. The molecular formula is C14H20N2O2S. The lowest BCUT2D eigenvalue weighted by Gasteiger charge is -2.39.